The fraction of sp³-hybridized carbons (Fsp3) is 0.800. The van der Waals surface area contributed by atoms with Gasteiger partial charge in [0, 0.05) is 19.3 Å². The molecule has 0 aliphatic rings. The average Bonchev–Trinajstić information content (AvgIpc) is 2.52. The molecule has 0 unspecified atom stereocenters. The Balaban J connectivity index is 2.35. The standard InChI is InChI=1S/C10H19N3O/c1-9(2)7-10-8-13(12-11-10)5-3-4-6-14/h8-9,14H,3-7H2,1-2H3. The van der Waals surface area contributed by atoms with Crippen molar-refractivity contribution in [2.24, 2.45) is 5.92 Å². The van der Waals surface area contributed by atoms with Crippen LogP contribution in [0.25, 0.3) is 0 Å². The lowest BCUT2D eigenvalue weighted by Gasteiger charge is -1.99. The minimum Gasteiger partial charge on any atom is -0.396 e. The molecule has 0 saturated heterocycles. The summed E-state index contributed by atoms with van der Waals surface area (Å²) < 4.78 is 1.85. The van der Waals surface area contributed by atoms with Crippen molar-refractivity contribution in [3.05, 3.63) is 11.9 Å². The molecule has 4 nitrogen and oxygen atoms in total. The summed E-state index contributed by atoms with van der Waals surface area (Å²) in [7, 11) is 0. The van der Waals surface area contributed by atoms with Crippen LogP contribution in [0.2, 0.25) is 0 Å². The minimum absolute atomic E-state index is 0.257. The summed E-state index contributed by atoms with van der Waals surface area (Å²) in [6, 6.07) is 0. The molecule has 0 radical (unpaired) electrons. The van der Waals surface area contributed by atoms with Gasteiger partial charge in [0.05, 0.1) is 5.69 Å². The smallest absolute Gasteiger partial charge is 0.0829 e. The highest BCUT2D eigenvalue weighted by Crippen LogP contribution is 2.04. The minimum atomic E-state index is 0.257. The Bertz CT molecular complexity index is 258. The predicted molar refractivity (Wildman–Crippen MR) is 54.9 cm³/mol. The first kappa shape index (κ1) is 11.2. The summed E-state index contributed by atoms with van der Waals surface area (Å²) >= 11 is 0. The van der Waals surface area contributed by atoms with Gasteiger partial charge in [0.15, 0.2) is 0 Å². The number of aliphatic hydroxyl groups is 1. The molecule has 4 heteroatoms. The molecular formula is C10H19N3O. The molecule has 0 spiro atoms. The number of nitrogens with zero attached hydrogens (tertiary/aromatic N) is 3. The van der Waals surface area contributed by atoms with E-state index in [1.54, 1.807) is 0 Å². The van der Waals surface area contributed by atoms with Crippen molar-refractivity contribution in [2.45, 2.75) is 39.7 Å². The lowest BCUT2D eigenvalue weighted by Crippen LogP contribution is -1.99. The zero-order valence-corrected chi connectivity index (χ0v) is 8.98. The van der Waals surface area contributed by atoms with Crippen molar-refractivity contribution in [1.29, 1.82) is 0 Å². The Kier molecular flexibility index (Phi) is 4.59. The molecular weight excluding hydrogens is 178 g/mol. The van der Waals surface area contributed by atoms with Crippen LogP contribution in [0.3, 0.4) is 0 Å². The van der Waals surface area contributed by atoms with Crippen LogP contribution in [0.5, 0.6) is 0 Å². The Morgan fingerprint density at radius 2 is 2.21 bits per heavy atom. The molecule has 0 atom stereocenters. The first-order valence-corrected chi connectivity index (χ1v) is 5.22. The van der Waals surface area contributed by atoms with Crippen molar-refractivity contribution in [3.8, 4) is 0 Å². The van der Waals surface area contributed by atoms with E-state index in [2.05, 4.69) is 24.2 Å². The molecule has 14 heavy (non-hydrogen) atoms. The molecule has 80 valence electrons. The van der Waals surface area contributed by atoms with E-state index in [4.69, 9.17) is 5.11 Å². The average molecular weight is 197 g/mol. The van der Waals surface area contributed by atoms with E-state index in [-0.39, 0.29) is 6.61 Å². The van der Waals surface area contributed by atoms with Crippen LogP contribution in [0, 0.1) is 5.92 Å². The SMILES string of the molecule is CC(C)Cc1cn(CCCCO)nn1. The summed E-state index contributed by atoms with van der Waals surface area (Å²) in [5.74, 6) is 0.623. The van der Waals surface area contributed by atoms with E-state index in [1.165, 1.54) is 0 Å². The summed E-state index contributed by atoms with van der Waals surface area (Å²) in [4.78, 5) is 0. The number of hydrogen-bond acceptors (Lipinski definition) is 3. The highest BCUT2D eigenvalue weighted by Gasteiger charge is 2.02. The van der Waals surface area contributed by atoms with Gasteiger partial charge in [0.25, 0.3) is 0 Å². The molecule has 0 aliphatic carbocycles. The number of aromatic nitrogens is 3. The van der Waals surface area contributed by atoms with Gasteiger partial charge in [0.2, 0.25) is 0 Å². The number of aryl methyl sites for hydroxylation is 1. The van der Waals surface area contributed by atoms with E-state index in [0.717, 1.165) is 31.5 Å². The van der Waals surface area contributed by atoms with Crippen LogP contribution in [-0.2, 0) is 13.0 Å². The van der Waals surface area contributed by atoms with Crippen LogP contribution >= 0.6 is 0 Å². The molecule has 0 fully saturated rings. The molecule has 0 saturated carbocycles. The third-order valence-electron chi connectivity index (χ3n) is 2.00. The Labute approximate surface area is 84.9 Å². The lowest BCUT2D eigenvalue weighted by molar-refractivity contribution is 0.280. The lowest BCUT2D eigenvalue weighted by atomic mass is 10.1. The quantitative estimate of drug-likeness (QED) is 0.698. The number of rotatable bonds is 6. The van der Waals surface area contributed by atoms with Crippen molar-refractivity contribution in [1.82, 2.24) is 15.0 Å². The van der Waals surface area contributed by atoms with E-state index >= 15 is 0 Å². The van der Waals surface area contributed by atoms with Gasteiger partial charge in [-0.1, -0.05) is 19.1 Å². The monoisotopic (exact) mass is 197 g/mol. The zero-order chi connectivity index (χ0) is 10.4. The maximum atomic E-state index is 8.62. The van der Waals surface area contributed by atoms with Gasteiger partial charge in [-0.2, -0.15) is 0 Å². The Hall–Kier alpha value is -0.900. The van der Waals surface area contributed by atoms with Crippen molar-refractivity contribution in [2.75, 3.05) is 6.61 Å². The number of aliphatic hydroxyl groups excluding tert-OH is 1. The van der Waals surface area contributed by atoms with Gasteiger partial charge in [-0.3, -0.25) is 4.68 Å². The molecule has 0 aromatic carbocycles. The second kappa shape index (κ2) is 5.75. The summed E-state index contributed by atoms with van der Waals surface area (Å²) in [6.07, 6.45) is 4.78. The third kappa shape index (κ3) is 3.87. The normalized spacial score (nSPS) is 11.1. The van der Waals surface area contributed by atoms with Crippen molar-refractivity contribution in [3.63, 3.8) is 0 Å². The van der Waals surface area contributed by atoms with Gasteiger partial charge in [0.1, 0.15) is 0 Å². The van der Waals surface area contributed by atoms with Crippen molar-refractivity contribution >= 4 is 0 Å². The maximum Gasteiger partial charge on any atom is 0.0829 e. The molecule has 1 aromatic rings. The van der Waals surface area contributed by atoms with Gasteiger partial charge in [-0.05, 0) is 25.2 Å². The van der Waals surface area contributed by atoms with Crippen LogP contribution in [0.1, 0.15) is 32.4 Å². The number of hydrogen-bond donors (Lipinski definition) is 1. The topological polar surface area (TPSA) is 50.9 Å². The van der Waals surface area contributed by atoms with E-state index in [9.17, 15) is 0 Å². The zero-order valence-electron chi connectivity index (χ0n) is 8.98. The van der Waals surface area contributed by atoms with Crippen LogP contribution in [0.15, 0.2) is 6.20 Å². The van der Waals surface area contributed by atoms with Gasteiger partial charge in [-0.15, -0.1) is 5.10 Å². The molecule has 1 heterocycles. The van der Waals surface area contributed by atoms with Crippen LogP contribution in [0.4, 0.5) is 0 Å². The van der Waals surface area contributed by atoms with E-state index in [1.807, 2.05) is 10.9 Å². The van der Waals surface area contributed by atoms with Crippen LogP contribution in [-0.4, -0.2) is 26.7 Å². The largest absolute Gasteiger partial charge is 0.396 e. The highest BCUT2D eigenvalue weighted by atomic mass is 16.2. The fourth-order valence-electron chi connectivity index (χ4n) is 1.35. The Morgan fingerprint density at radius 3 is 2.86 bits per heavy atom. The van der Waals surface area contributed by atoms with Crippen molar-refractivity contribution < 1.29 is 5.11 Å². The first-order valence-electron chi connectivity index (χ1n) is 5.22. The van der Waals surface area contributed by atoms with Gasteiger partial charge in [-0.25, -0.2) is 0 Å². The van der Waals surface area contributed by atoms with Crippen LogP contribution < -0.4 is 0 Å². The maximum absolute atomic E-state index is 8.62. The second-order valence-electron chi connectivity index (χ2n) is 4.00. The highest BCUT2D eigenvalue weighted by molar-refractivity contribution is 4.92. The first-order chi connectivity index (χ1) is 6.72. The molecule has 1 aromatic heterocycles. The Morgan fingerprint density at radius 1 is 1.43 bits per heavy atom. The fourth-order valence-corrected chi connectivity index (χ4v) is 1.35. The van der Waals surface area contributed by atoms with Gasteiger partial charge < -0.3 is 5.11 Å². The molecule has 0 amide bonds. The number of unbranched alkanes of at least 4 members (excludes halogenated alkanes) is 1. The second-order valence-corrected chi connectivity index (χ2v) is 4.00. The molecule has 0 aliphatic heterocycles. The molecule has 1 N–H and O–H groups in total. The summed E-state index contributed by atoms with van der Waals surface area (Å²) in [5, 5.41) is 16.7. The molecule has 0 bridgehead atoms. The third-order valence-corrected chi connectivity index (χ3v) is 2.00. The summed E-state index contributed by atoms with van der Waals surface area (Å²) in [6.45, 7) is 5.45. The van der Waals surface area contributed by atoms with E-state index in [0.29, 0.717) is 5.92 Å². The predicted octanol–water partition coefficient (Wildman–Crippen LogP) is 1.25. The van der Waals surface area contributed by atoms with Gasteiger partial charge >= 0.3 is 0 Å². The van der Waals surface area contributed by atoms with E-state index < -0.39 is 0 Å². The molecule has 1 rings (SSSR count). The summed E-state index contributed by atoms with van der Waals surface area (Å²) in [5.41, 5.74) is 1.06.